The third-order valence-electron chi connectivity index (χ3n) is 2.92. The lowest BCUT2D eigenvalue weighted by molar-refractivity contribution is -0.394. The van der Waals surface area contributed by atoms with Crippen LogP contribution >= 0.6 is 35.1 Å². The van der Waals surface area contributed by atoms with Gasteiger partial charge in [-0.25, -0.2) is 4.99 Å². The van der Waals surface area contributed by atoms with Gasteiger partial charge >= 0.3 is 11.9 Å². The Morgan fingerprint density at radius 2 is 1.84 bits per heavy atom. The molecule has 1 aromatic rings. The molecule has 0 saturated carbocycles. The fourth-order valence-corrected chi connectivity index (χ4v) is 3.03. The van der Waals surface area contributed by atoms with Crippen LogP contribution in [-0.4, -0.2) is 19.2 Å². The zero-order valence-corrected chi connectivity index (χ0v) is 14.0. The van der Waals surface area contributed by atoms with E-state index in [1.165, 1.54) is 0 Å². The van der Waals surface area contributed by atoms with Gasteiger partial charge in [-0.15, -0.1) is 0 Å². The van der Waals surface area contributed by atoms with Gasteiger partial charge in [0.05, 0.1) is 27.2 Å². The normalized spacial score (nSPS) is 18.3. The summed E-state index contributed by atoms with van der Waals surface area (Å²) in [7, 11) is 0. The molecular weight excluding hydrogens is 412 g/mol. The number of hydrogen-bond acceptors (Lipinski definition) is 7. The van der Waals surface area contributed by atoms with Crippen molar-refractivity contribution in [1.82, 2.24) is 4.72 Å². The SMILES string of the molecule is C=C1NSC(=Nc2c([N+](=O)[O-])cc([N+](=O)[O-])cc2C(F)(F)F)C1(Cl)Cl. The van der Waals surface area contributed by atoms with Crippen molar-refractivity contribution >= 4 is 57.3 Å². The molecule has 1 N–H and O–H groups in total. The van der Waals surface area contributed by atoms with E-state index in [0.717, 1.165) is 0 Å². The molecule has 25 heavy (non-hydrogen) atoms. The van der Waals surface area contributed by atoms with E-state index in [1.807, 2.05) is 0 Å². The minimum Gasteiger partial charge on any atom is -0.325 e. The monoisotopic (exact) mass is 416 g/mol. The van der Waals surface area contributed by atoms with Crippen molar-refractivity contribution in [2.75, 3.05) is 0 Å². The lowest BCUT2D eigenvalue weighted by Gasteiger charge is -2.14. The quantitative estimate of drug-likeness (QED) is 0.336. The van der Waals surface area contributed by atoms with Gasteiger partial charge in [-0.05, 0) is 0 Å². The first-order valence-corrected chi connectivity index (χ1v) is 7.56. The first-order chi connectivity index (χ1) is 11.4. The maximum atomic E-state index is 13.3. The molecule has 1 aliphatic rings. The molecule has 14 heteroatoms. The lowest BCUT2D eigenvalue weighted by atomic mass is 10.1. The second-order valence-corrected chi connectivity index (χ2v) is 6.67. The molecule has 1 aliphatic heterocycles. The van der Waals surface area contributed by atoms with Gasteiger partial charge in [-0.3, -0.25) is 20.2 Å². The smallest absolute Gasteiger partial charge is 0.325 e. The number of allylic oxidation sites excluding steroid dienone is 1. The van der Waals surface area contributed by atoms with Crippen molar-refractivity contribution in [3.63, 3.8) is 0 Å². The lowest BCUT2D eigenvalue weighted by Crippen LogP contribution is -2.20. The molecule has 0 aromatic heterocycles. The number of rotatable bonds is 3. The molecule has 1 heterocycles. The van der Waals surface area contributed by atoms with E-state index in [4.69, 9.17) is 23.2 Å². The van der Waals surface area contributed by atoms with E-state index in [0.29, 0.717) is 18.0 Å². The van der Waals surface area contributed by atoms with Crippen LogP contribution in [0.1, 0.15) is 5.56 Å². The van der Waals surface area contributed by atoms with Crippen molar-refractivity contribution in [3.05, 3.63) is 50.2 Å². The Balaban J connectivity index is 2.82. The predicted molar refractivity (Wildman–Crippen MR) is 86.2 cm³/mol. The van der Waals surface area contributed by atoms with E-state index < -0.39 is 43.0 Å². The van der Waals surface area contributed by atoms with Gasteiger partial charge in [-0.2, -0.15) is 13.2 Å². The summed E-state index contributed by atoms with van der Waals surface area (Å²) >= 11 is 12.4. The summed E-state index contributed by atoms with van der Waals surface area (Å²) in [5.41, 5.74) is -5.13. The minimum atomic E-state index is -5.15. The summed E-state index contributed by atoms with van der Waals surface area (Å²) in [6.45, 7) is 3.44. The topological polar surface area (TPSA) is 111 Å². The Morgan fingerprint density at radius 1 is 1.24 bits per heavy atom. The molecule has 1 fully saturated rings. The molecule has 0 bridgehead atoms. The van der Waals surface area contributed by atoms with Gasteiger partial charge in [0.15, 0.2) is 5.69 Å². The summed E-state index contributed by atoms with van der Waals surface area (Å²) in [4.78, 5) is 23.0. The molecule has 134 valence electrons. The average Bonchev–Trinajstić information content (AvgIpc) is 2.72. The number of non-ortho nitro benzene ring substituents is 1. The van der Waals surface area contributed by atoms with E-state index in [-0.39, 0.29) is 16.8 Å². The highest BCUT2D eigenvalue weighted by molar-refractivity contribution is 8.13. The fraction of sp³-hybridized carbons (Fsp3) is 0.182. The molecule has 0 aliphatic carbocycles. The highest BCUT2D eigenvalue weighted by Gasteiger charge is 2.44. The predicted octanol–water partition coefficient (Wildman–Crippen LogP) is 4.49. The number of nitro benzene ring substituents is 2. The number of halogens is 5. The highest BCUT2D eigenvalue weighted by Crippen LogP contribution is 2.47. The van der Waals surface area contributed by atoms with E-state index >= 15 is 0 Å². The first kappa shape index (κ1) is 19.3. The number of benzene rings is 1. The van der Waals surface area contributed by atoms with Gasteiger partial charge in [0.2, 0.25) is 4.33 Å². The van der Waals surface area contributed by atoms with Crippen molar-refractivity contribution in [2.45, 2.75) is 10.5 Å². The summed E-state index contributed by atoms with van der Waals surface area (Å²) in [6.07, 6.45) is -5.15. The van der Waals surface area contributed by atoms with Crippen LogP contribution in [0.15, 0.2) is 29.4 Å². The fourth-order valence-electron chi connectivity index (χ4n) is 1.74. The summed E-state index contributed by atoms with van der Waals surface area (Å²) in [5.74, 6) is 0. The van der Waals surface area contributed by atoms with E-state index in [1.54, 1.807) is 0 Å². The van der Waals surface area contributed by atoms with Crippen molar-refractivity contribution < 1.29 is 23.0 Å². The number of aliphatic imine (C=N–C) groups is 1. The van der Waals surface area contributed by atoms with E-state index in [2.05, 4.69) is 16.3 Å². The second-order valence-electron chi connectivity index (χ2n) is 4.55. The van der Waals surface area contributed by atoms with E-state index in [9.17, 15) is 33.4 Å². The Kier molecular flexibility index (Phi) is 4.90. The average molecular weight is 417 g/mol. The number of alkyl halides is 5. The minimum absolute atomic E-state index is 0.00212. The summed E-state index contributed by atoms with van der Waals surface area (Å²) in [5, 5.41) is 21.5. The Hall–Kier alpha value is -2.05. The Labute approximate surface area is 151 Å². The third kappa shape index (κ3) is 3.65. The highest BCUT2D eigenvalue weighted by atomic mass is 35.5. The maximum Gasteiger partial charge on any atom is 0.418 e. The Bertz CT molecular complexity index is 828. The second kappa shape index (κ2) is 6.35. The molecule has 0 spiro atoms. The third-order valence-corrected chi connectivity index (χ3v) is 4.90. The number of nitrogens with one attached hydrogen (secondary N) is 1. The summed E-state index contributed by atoms with van der Waals surface area (Å²) in [6, 6.07) is 0.527. The van der Waals surface area contributed by atoms with Gasteiger partial charge in [0.25, 0.3) is 5.69 Å². The summed E-state index contributed by atoms with van der Waals surface area (Å²) < 4.78 is 40.3. The number of hydrogen-bond donors (Lipinski definition) is 1. The molecule has 0 amide bonds. The van der Waals surface area contributed by atoms with Crippen LogP contribution in [0.3, 0.4) is 0 Å². The van der Waals surface area contributed by atoms with Gasteiger partial charge in [0.1, 0.15) is 5.04 Å². The molecule has 2 rings (SSSR count). The molecule has 8 nitrogen and oxygen atoms in total. The zero-order chi connectivity index (χ0) is 19.2. The van der Waals surface area contributed by atoms with Crippen molar-refractivity contribution in [2.24, 2.45) is 4.99 Å². The van der Waals surface area contributed by atoms with Crippen molar-refractivity contribution in [1.29, 1.82) is 0 Å². The molecule has 0 radical (unpaired) electrons. The molecule has 1 aromatic carbocycles. The van der Waals surface area contributed by atoms with Crippen LogP contribution in [0.2, 0.25) is 0 Å². The Morgan fingerprint density at radius 3 is 2.24 bits per heavy atom. The molecular formula is C11H5Cl2F3N4O4S. The standard InChI is InChI=1S/C11H5Cl2F3N4O4S/c1-4-10(12,13)9(25-18-4)17-8-6(11(14,15)16)2-5(19(21)22)3-7(8)20(23)24/h2-3,18H,1H2. The van der Waals surface area contributed by atoms with Crippen LogP contribution in [0.5, 0.6) is 0 Å². The van der Waals surface area contributed by atoms with Crippen LogP contribution in [0, 0.1) is 20.2 Å². The number of nitro groups is 2. The number of nitrogens with zero attached hydrogens (tertiary/aromatic N) is 3. The van der Waals surface area contributed by atoms with Gasteiger partial charge in [-0.1, -0.05) is 29.8 Å². The molecule has 0 unspecified atom stereocenters. The van der Waals surface area contributed by atoms with Gasteiger partial charge in [0, 0.05) is 18.0 Å². The molecule has 1 saturated heterocycles. The van der Waals surface area contributed by atoms with Crippen LogP contribution in [0.4, 0.5) is 30.2 Å². The maximum absolute atomic E-state index is 13.3. The zero-order valence-electron chi connectivity index (χ0n) is 11.6. The van der Waals surface area contributed by atoms with Gasteiger partial charge < -0.3 is 4.72 Å². The largest absolute Gasteiger partial charge is 0.418 e. The van der Waals surface area contributed by atoms with Crippen LogP contribution in [-0.2, 0) is 6.18 Å². The van der Waals surface area contributed by atoms with Crippen LogP contribution in [0.25, 0.3) is 0 Å². The first-order valence-electron chi connectivity index (χ1n) is 5.99. The molecule has 0 atom stereocenters. The van der Waals surface area contributed by atoms with Crippen molar-refractivity contribution in [3.8, 4) is 0 Å². The van der Waals surface area contributed by atoms with Crippen LogP contribution < -0.4 is 4.72 Å².